The molecule has 0 saturated heterocycles. The van der Waals surface area contributed by atoms with E-state index in [-0.39, 0.29) is 49.6 Å². The summed E-state index contributed by atoms with van der Waals surface area (Å²) < 4.78 is 36.0. The Morgan fingerprint density at radius 3 is 2.15 bits per heavy atom. The van der Waals surface area contributed by atoms with E-state index in [9.17, 15) is 32.4 Å². The van der Waals surface area contributed by atoms with Crippen LogP contribution < -0.4 is 41.8 Å². The summed E-state index contributed by atoms with van der Waals surface area (Å²) in [5.74, 6) is -3.05. The molecule has 4 atom stereocenters. The molecule has 16 nitrogen and oxygen atoms in total. The van der Waals surface area contributed by atoms with Crippen molar-refractivity contribution in [2.75, 3.05) is 13.1 Å². The average Bonchev–Trinajstić information content (AvgIpc) is 3.53. The number of benzene rings is 2. The summed E-state index contributed by atoms with van der Waals surface area (Å²) in [6.07, 6.45) is 3.77. The molecule has 1 aliphatic heterocycles. The molecule has 5 amide bonds. The fraction of sp³-hybridized carbons (Fsp3) is 0.500. The van der Waals surface area contributed by atoms with E-state index in [2.05, 4.69) is 49.5 Å². The van der Waals surface area contributed by atoms with Gasteiger partial charge in [-0.3, -0.25) is 29.0 Å². The monoisotopic (exact) mass is 864 g/mol. The number of carbonyl (C=O) groups excluding carboxylic acids is 5. The van der Waals surface area contributed by atoms with Gasteiger partial charge in [0.15, 0.2) is 0 Å². The van der Waals surface area contributed by atoms with Crippen molar-refractivity contribution in [1.29, 1.82) is 0 Å². The van der Waals surface area contributed by atoms with Crippen LogP contribution in [0, 0.1) is 26.7 Å². The molecule has 1 aliphatic rings. The van der Waals surface area contributed by atoms with Crippen molar-refractivity contribution in [1.82, 2.24) is 31.3 Å². The standard InChI is InChI=1S/C44H64N8O8S/c1-12-22-44(11,51-37(53)26(4)5)41(57)49-33(39(55)48-32(14-3)38(54)50-34(40(56)46-23-13-2)30-19-16-15-17-20-30)21-18-24-47-42(45)52-61(58,59)36-28(7)27(6)35-31(29(36)8)25-43(9,10)60-35/h12-13,15-17,19-20,26,32-34H,1-2,14,18,21-25H2,3-11H3,(H,46,56)(H,48,55)(H,49,57)(H,50,54)(H,51,53)(H3,45,47,52). The summed E-state index contributed by atoms with van der Waals surface area (Å²) in [6.45, 7) is 23.1. The molecule has 8 N–H and O–H groups in total. The highest BCUT2D eigenvalue weighted by Crippen LogP contribution is 2.43. The van der Waals surface area contributed by atoms with Gasteiger partial charge in [0.05, 0.1) is 4.90 Å². The molecule has 17 heteroatoms. The Balaban J connectivity index is 1.85. The van der Waals surface area contributed by atoms with Gasteiger partial charge in [-0.25, -0.2) is 13.1 Å². The molecule has 61 heavy (non-hydrogen) atoms. The molecule has 0 aliphatic carbocycles. The number of nitrogens with zero attached hydrogens (tertiary/aromatic N) is 1. The number of aliphatic imine (C=N–C) groups is 1. The molecule has 2 aromatic carbocycles. The van der Waals surface area contributed by atoms with Crippen LogP contribution in [0.1, 0.15) is 101 Å². The van der Waals surface area contributed by atoms with E-state index in [0.29, 0.717) is 34.4 Å². The second kappa shape index (κ2) is 21.2. The molecule has 0 radical (unpaired) electrons. The Morgan fingerprint density at radius 1 is 0.918 bits per heavy atom. The van der Waals surface area contributed by atoms with Gasteiger partial charge in [0.1, 0.15) is 35.0 Å². The Labute approximate surface area is 360 Å². The fourth-order valence-corrected chi connectivity index (χ4v) is 8.47. The summed E-state index contributed by atoms with van der Waals surface area (Å²) >= 11 is 0. The Morgan fingerprint density at radius 2 is 1.56 bits per heavy atom. The lowest BCUT2D eigenvalue weighted by Crippen LogP contribution is -2.61. The van der Waals surface area contributed by atoms with Crippen molar-refractivity contribution in [2.45, 2.75) is 129 Å². The topological polar surface area (TPSA) is 239 Å². The number of guanidine groups is 1. The first-order valence-corrected chi connectivity index (χ1v) is 21.9. The molecular formula is C44H64N8O8S. The molecule has 3 rings (SSSR count). The van der Waals surface area contributed by atoms with Gasteiger partial charge in [0.25, 0.3) is 10.0 Å². The van der Waals surface area contributed by atoms with Crippen LogP contribution in [0.15, 0.2) is 65.5 Å². The number of rotatable bonds is 21. The first-order chi connectivity index (χ1) is 28.5. The van der Waals surface area contributed by atoms with Crippen LogP contribution in [-0.2, 0) is 40.4 Å². The van der Waals surface area contributed by atoms with Crippen LogP contribution in [0.5, 0.6) is 5.75 Å². The number of carbonyl (C=O) groups is 5. The third kappa shape index (κ3) is 12.9. The predicted octanol–water partition coefficient (Wildman–Crippen LogP) is 3.34. The zero-order chi connectivity index (χ0) is 45.9. The number of ether oxygens (including phenoxy) is 1. The summed E-state index contributed by atoms with van der Waals surface area (Å²) in [5.41, 5.74) is 7.28. The number of hydrogen-bond acceptors (Lipinski definition) is 9. The Bertz CT molecular complexity index is 2120. The van der Waals surface area contributed by atoms with Gasteiger partial charge in [0, 0.05) is 31.0 Å². The van der Waals surface area contributed by atoms with Crippen LogP contribution in [0.2, 0.25) is 0 Å². The van der Waals surface area contributed by atoms with E-state index in [0.717, 1.165) is 5.56 Å². The van der Waals surface area contributed by atoms with Gasteiger partial charge in [0.2, 0.25) is 35.5 Å². The number of nitrogens with one attached hydrogen (secondary N) is 6. The zero-order valence-electron chi connectivity index (χ0n) is 36.9. The molecule has 1 heterocycles. The lowest BCUT2D eigenvalue weighted by Gasteiger charge is -2.32. The maximum Gasteiger partial charge on any atom is 0.264 e. The van der Waals surface area contributed by atoms with E-state index in [1.54, 1.807) is 65.0 Å². The largest absolute Gasteiger partial charge is 0.487 e. The van der Waals surface area contributed by atoms with E-state index < -0.39 is 74.7 Å². The molecule has 4 unspecified atom stereocenters. The molecule has 0 spiro atoms. The normalized spacial score (nSPS) is 15.7. The minimum Gasteiger partial charge on any atom is -0.487 e. The Hall–Kier alpha value is -5.71. The van der Waals surface area contributed by atoms with Crippen molar-refractivity contribution in [3.8, 4) is 5.75 Å². The van der Waals surface area contributed by atoms with Crippen LogP contribution >= 0.6 is 0 Å². The van der Waals surface area contributed by atoms with E-state index in [4.69, 9.17) is 10.5 Å². The number of fused-ring (bicyclic) bond motifs is 1. The first kappa shape index (κ1) is 49.7. The Kier molecular flexibility index (Phi) is 17.3. The van der Waals surface area contributed by atoms with Gasteiger partial charge >= 0.3 is 0 Å². The third-order valence-electron chi connectivity index (χ3n) is 10.5. The zero-order valence-corrected chi connectivity index (χ0v) is 37.7. The van der Waals surface area contributed by atoms with E-state index in [1.807, 2.05) is 20.8 Å². The summed E-state index contributed by atoms with van der Waals surface area (Å²) in [7, 11) is -4.18. The number of sulfonamides is 1. The highest BCUT2D eigenvalue weighted by atomic mass is 32.2. The number of hydrogen-bond donors (Lipinski definition) is 7. The lowest BCUT2D eigenvalue weighted by molar-refractivity contribution is -0.137. The van der Waals surface area contributed by atoms with Gasteiger partial charge < -0.3 is 37.1 Å². The van der Waals surface area contributed by atoms with Crippen LogP contribution in [0.4, 0.5) is 0 Å². The minimum absolute atomic E-state index is 0.0317. The molecule has 0 aromatic heterocycles. The molecule has 0 fully saturated rings. The highest BCUT2D eigenvalue weighted by Gasteiger charge is 2.39. The SMILES string of the molecule is C=CCNC(=O)C(NC(=O)C(CC)NC(=O)C(CCCN=C(N)NS(=O)(=O)c1c(C)c(C)c2c(c1C)CC(C)(C)O2)NC(=O)C(C)(CC=C)NC(=O)C(C)C)c1ccccc1. The quantitative estimate of drug-likeness (QED) is 0.0421. The molecule has 0 saturated carbocycles. The smallest absolute Gasteiger partial charge is 0.264 e. The van der Waals surface area contributed by atoms with Gasteiger partial charge in [-0.2, -0.15) is 0 Å². The highest BCUT2D eigenvalue weighted by molar-refractivity contribution is 7.90. The van der Waals surface area contributed by atoms with Crippen LogP contribution in [0.25, 0.3) is 0 Å². The summed E-state index contributed by atoms with van der Waals surface area (Å²) in [4.78, 5) is 71.7. The van der Waals surface area contributed by atoms with Crippen molar-refractivity contribution in [2.24, 2.45) is 16.6 Å². The van der Waals surface area contributed by atoms with Crippen LogP contribution in [0.3, 0.4) is 0 Å². The molecular weight excluding hydrogens is 801 g/mol. The fourth-order valence-electron chi connectivity index (χ4n) is 6.94. The van der Waals surface area contributed by atoms with Gasteiger partial charge in [-0.05, 0) is 89.5 Å². The van der Waals surface area contributed by atoms with Gasteiger partial charge in [-0.1, -0.05) is 63.3 Å². The lowest BCUT2D eigenvalue weighted by atomic mass is 9.94. The van der Waals surface area contributed by atoms with Gasteiger partial charge in [-0.15, -0.1) is 13.2 Å². The average molecular weight is 865 g/mol. The van der Waals surface area contributed by atoms with Crippen LogP contribution in [-0.4, -0.2) is 80.2 Å². The molecule has 334 valence electrons. The molecule has 2 aromatic rings. The number of amides is 5. The summed E-state index contributed by atoms with van der Waals surface area (Å²) in [5, 5.41) is 13.6. The van der Waals surface area contributed by atoms with E-state index >= 15 is 0 Å². The minimum atomic E-state index is -4.18. The molecule has 0 bridgehead atoms. The van der Waals surface area contributed by atoms with Crippen molar-refractivity contribution in [3.63, 3.8) is 0 Å². The van der Waals surface area contributed by atoms with E-state index in [1.165, 1.54) is 19.1 Å². The predicted molar refractivity (Wildman–Crippen MR) is 236 cm³/mol. The third-order valence-corrected chi connectivity index (χ3v) is 12.1. The maximum absolute atomic E-state index is 14.0. The number of nitrogens with two attached hydrogens (primary N) is 1. The summed E-state index contributed by atoms with van der Waals surface area (Å²) in [6, 6.07) is 5.14. The van der Waals surface area contributed by atoms with Crippen molar-refractivity contribution < 1.29 is 37.1 Å². The van der Waals surface area contributed by atoms with Crippen molar-refractivity contribution >= 4 is 45.5 Å². The van der Waals surface area contributed by atoms with Crippen molar-refractivity contribution in [3.05, 3.63) is 83.5 Å². The second-order valence-corrected chi connectivity index (χ2v) is 18.0. The maximum atomic E-state index is 14.0. The second-order valence-electron chi connectivity index (χ2n) is 16.4. The first-order valence-electron chi connectivity index (χ1n) is 20.4.